The minimum absolute atomic E-state index is 0.0902. The Morgan fingerprint density at radius 3 is 2.68 bits per heavy atom. The quantitative estimate of drug-likeness (QED) is 0.443. The van der Waals surface area contributed by atoms with Crippen molar-refractivity contribution in [2.24, 2.45) is 10.5 Å². The molecule has 0 N–H and O–H groups in total. The van der Waals surface area contributed by atoms with Crippen LogP contribution >= 0.6 is 0 Å². The summed E-state index contributed by atoms with van der Waals surface area (Å²) in [5, 5.41) is 4.00. The average Bonchev–Trinajstić information content (AvgIpc) is 2.80. The van der Waals surface area contributed by atoms with Gasteiger partial charge in [0, 0.05) is 54.0 Å². The first-order chi connectivity index (χ1) is 11.7. The summed E-state index contributed by atoms with van der Waals surface area (Å²) in [5.74, 6) is 0. The van der Waals surface area contributed by atoms with Crippen LogP contribution in [0.3, 0.4) is 0 Å². The maximum atomic E-state index is 12.3. The summed E-state index contributed by atoms with van der Waals surface area (Å²) in [6.07, 6.45) is 2.84. The number of rotatable bonds is 1. The van der Waals surface area contributed by atoms with E-state index in [-0.39, 0.29) is 23.0 Å². The lowest BCUT2D eigenvalue weighted by atomic mass is 9.73. The first-order valence-corrected chi connectivity index (χ1v) is 8.47. The number of azide groups is 1. The Balaban J connectivity index is 1.79. The summed E-state index contributed by atoms with van der Waals surface area (Å²) in [4.78, 5) is 28.7. The van der Waals surface area contributed by atoms with Crippen LogP contribution in [0.5, 0.6) is 0 Å². The van der Waals surface area contributed by atoms with E-state index in [0.717, 1.165) is 5.69 Å². The number of hydrogen-bond donors (Lipinski definition) is 0. The monoisotopic (exact) mass is 345 g/mol. The zero-order valence-corrected chi connectivity index (χ0v) is 14.8. The fourth-order valence-electron chi connectivity index (χ4n) is 3.77. The highest BCUT2D eigenvalue weighted by molar-refractivity contribution is 5.68. The van der Waals surface area contributed by atoms with E-state index >= 15 is 0 Å². The Morgan fingerprint density at radius 2 is 2.08 bits per heavy atom. The second-order valence-corrected chi connectivity index (χ2v) is 7.85. The van der Waals surface area contributed by atoms with E-state index in [2.05, 4.69) is 10.0 Å². The molecule has 0 aromatic carbocycles. The highest BCUT2D eigenvalue weighted by atomic mass is 16.6. The van der Waals surface area contributed by atoms with Crippen molar-refractivity contribution in [1.29, 1.82) is 0 Å². The summed E-state index contributed by atoms with van der Waals surface area (Å²) in [7, 11) is 0. The number of fused-ring (bicyclic) bond motifs is 1. The molecule has 0 radical (unpaired) electrons. The molecule has 1 spiro atoms. The Bertz CT molecular complexity index is 780. The summed E-state index contributed by atoms with van der Waals surface area (Å²) < 4.78 is 7.43. The highest BCUT2D eigenvalue weighted by Crippen LogP contribution is 2.51. The van der Waals surface area contributed by atoms with E-state index in [1.165, 1.54) is 6.07 Å². The smallest absolute Gasteiger partial charge is 0.410 e. The molecular formula is C17H23N5O3. The fraction of sp³-hybridized carbons (Fsp3) is 0.647. The lowest BCUT2D eigenvalue weighted by molar-refractivity contribution is 0.00684. The Morgan fingerprint density at radius 1 is 1.40 bits per heavy atom. The second-order valence-electron chi connectivity index (χ2n) is 7.85. The maximum Gasteiger partial charge on any atom is 0.410 e. The molecule has 3 heterocycles. The molecule has 2 aliphatic heterocycles. The number of pyridine rings is 1. The van der Waals surface area contributed by atoms with Crippen LogP contribution in [0.25, 0.3) is 10.4 Å². The summed E-state index contributed by atoms with van der Waals surface area (Å²) in [6, 6.07) is 2.69. The first kappa shape index (κ1) is 17.4. The topological polar surface area (TPSA) is 100 Å². The predicted octanol–water partition coefficient (Wildman–Crippen LogP) is 3.23. The largest absolute Gasteiger partial charge is 0.444 e. The van der Waals surface area contributed by atoms with Crippen LogP contribution in [0.1, 0.15) is 45.3 Å². The Hall–Kier alpha value is -2.47. The van der Waals surface area contributed by atoms with Gasteiger partial charge in [0.15, 0.2) is 5.43 Å². The molecule has 1 atom stereocenters. The molecule has 0 aliphatic carbocycles. The third-order valence-electron chi connectivity index (χ3n) is 4.96. The molecule has 1 aromatic rings. The molecule has 134 valence electrons. The van der Waals surface area contributed by atoms with Gasteiger partial charge in [-0.2, -0.15) is 0 Å². The molecule has 1 unspecified atom stereocenters. The van der Waals surface area contributed by atoms with Gasteiger partial charge in [-0.25, -0.2) is 4.79 Å². The van der Waals surface area contributed by atoms with Crippen LogP contribution < -0.4 is 5.43 Å². The van der Waals surface area contributed by atoms with Gasteiger partial charge in [-0.1, -0.05) is 5.11 Å². The minimum atomic E-state index is -0.524. The van der Waals surface area contributed by atoms with E-state index in [1.807, 2.05) is 25.3 Å². The first-order valence-electron chi connectivity index (χ1n) is 8.47. The van der Waals surface area contributed by atoms with Gasteiger partial charge < -0.3 is 14.2 Å². The van der Waals surface area contributed by atoms with E-state index in [0.29, 0.717) is 32.5 Å². The molecule has 1 amide bonds. The summed E-state index contributed by atoms with van der Waals surface area (Å²) in [5.41, 5.74) is 8.88. The van der Waals surface area contributed by atoms with Crippen molar-refractivity contribution in [3.8, 4) is 0 Å². The van der Waals surface area contributed by atoms with Crippen LogP contribution in [0.15, 0.2) is 28.2 Å². The predicted molar refractivity (Wildman–Crippen MR) is 92.1 cm³/mol. The average molecular weight is 345 g/mol. The normalized spacial score (nSPS) is 21.6. The number of likely N-dealkylation sites (tertiary alicyclic amines) is 1. The van der Waals surface area contributed by atoms with Crippen LogP contribution in [-0.2, 0) is 11.3 Å². The molecule has 8 nitrogen and oxygen atoms in total. The maximum absolute atomic E-state index is 12.3. The molecule has 2 aliphatic rings. The van der Waals surface area contributed by atoms with Crippen LogP contribution in [0, 0.1) is 5.41 Å². The third kappa shape index (κ3) is 3.35. The van der Waals surface area contributed by atoms with Gasteiger partial charge in [0.25, 0.3) is 0 Å². The molecule has 1 aromatic heterocycles. The number of ether oxygens (including phenoxy) is 1. The number of carbonyl (C=O) groups excluding carboxylic acids is 1. The molecule has 1 saturated heterocycles. The van der Waals surface area contributed by atoms with Crippen molar-refractivity contribution >= 4 is 6.09 Å². The summed E-state index contributed by atoms with van der Waals surface area (Å²) in [6.45, 7) is 7.32. The van der Waals surface area contributed by atoms with E-state index < -0.39 is 5.60 Å². The van der Waals surface area contributed by atoms with Gasteiger partial charge in [-0.05, 0) is 39.1 Å². The van der Waals surface area contributed by atoms with Crippen molar-refractivity contribution in [3.63, 3.8) is 0 Å². The summed E-state index contributed by atoms with van der Waals surface area (Å²) >= 11 is 0. The van der Waals surface area contributed by atoms with Crippen molar-refractivity contribution in [2.75, 3.05) is 13.1 Å². The van der Waals surface area contributed by atoms with E-state index in [1.54, 1.807) is 17.2 Å². The Kier molecular flexibility index (Phi) is 4.24. The van der Waals surface area contributed by atoms with Gasteiger partial charge in [0.05, 0.1) is 6.04 Å². The van der Waals surface area contributed by atoms with E-state index in [4.69, 9.17) is 10.3 Å². The number of aromatic nitrogens is 1. The van der Waals surface area contributed by atoms with Crippen molar-refractivity contribution in [2.45, 2.75) is 51.8 Å². The standard InChI is InChI=1S/C17H23N5O3/c1-16(2,3)25-15(24)21-8-5-17(6-9-21)11-22-7-4-12(23)10-13(22)14(17)19-20-18/h4,7,10,14H,5-6,8-9,11H2,1-3H3. The second kappa shape index (κ2) is 6.11. The number of amides is 1. The Labute approximate surface area is 146 Å². The van der Waals surface area contributed by atoms with Crippen LogP contribution in [0.2, 0.25) is 0 Å². The lowest BCUT2D eigenvalue weighted by Gasteiger charge is -2.41. The van der Waals surface area contributed by atoms with Gasteiger partial charge in [0.2, 0.25) is 0 Å². The number of carbonyl (C=O) groups is 1. The molecule has 8 heteroatoms. The van der Waals surface area contributed by atoms with Gasteiger partial charge in [0.1, 0.15) is 5.60 Å². The highest BCUT2D eigenvalue weighted by Gasteiger charge is 2.48. The molecule has 3 rings (SSSR count). The van der Waals surface area contributed by atoms with Crippen molar-refractivity contribution in [3.05, 3.63) is 44.7 Å². The van der Waals surface area contributed by atoms with Crippen LogP contribution in [-0.4, -0.2) is 34.3 Å². The molecule has 0 saturated carbocycles. The molecule has 0 bridgehead atoms. The molecular weight excluding hydrogens is 322 g/mol. The third-order valence-corrected chi connectivity index (χ3v) is 4.96. The number of hydrogen-bond acceptors (Lipinski definition) is 4. The minimum Gasteiger partial charge on any atom is -0.444 e. The zero-order chi connectivity index (χ0) is 18.2. The molecule has 25 heavy (non-hydrogen) atoms. The number of piperidine rings is 1. The fourth-order valence-corrected chi connectivity index (χ4v) is 3.77. The lowest BCUT2D eigenvalue weighted by Crippen LogP contribution is -2.46. The van der Waals surface area contributed by atoms with Crippen LogP contribution in [0.4, 0.5) is 4.79 Å². The van der Waals surface area contributed by atoms with E-state index in [9.17, 15) is 9.59 Å². The van der Waals surface area contributed by atoms with Gasteiger partial charge >= 0.3 is 6.09 Å². The van der Waals surface area contributed by atoms with Gasteiger partial charge in [-0.15, -0.1) is 0 Å². The SMILES string of the molecule is CC(C)(C)OC(=O)N1CCC2(CC1)Cn1ccc(=O)cc1C2N=[N+]=[N-]. The van der Waals surface area contributed by atoms with Gasteiger partial charge in [-0.3, -0.25) is 4.79 Å². The molecule has 1 fully saturated rings. The van der Waals surface area contributed by atoms with Crippen molar-refractivity contribution < 1.29 is 9.53 Å². The number of nitrogens with zero attached hydrogens (tertiary/aromatic N) is 5. The van der Waals surface area contributed by atoms with Crippen molar-refractivity contribution in [1.82, 2.24) is 9.47 Å². The zero-order valence-electron chi connectivity index (χ0n) is 14.8.